The maximum absolute atomic E-state index is 12.1. The third-order valence-electron chi connectivity index (χ3n) is 2.11. The maximum Gasteiger partial charge on any atom is 0.534 e. The number of fused-ring (bicyclic) bond motifs is 1. The molecule has 2 rings (SSSR count). The van der Waals surface area contributed by atoms with Crippen molar-refractivity contribution in [2.75, 3.05) is 0 Å². The zero-order chi connectivity index (χ0) is 13.6. The number of hydrogen-bond donors (Lipinski definition) is 0. The molecule has 18 heavy (non-hydrogen) atoms. The Bertz CT molecular complexity index is 692. The van der Waals surface area contributed by atoms with Crippen molar-refractivity contribution in [1.82, 2.24) is 10.3 Å². The molecule has 0 fully saturated rings. The summed E-state index contributed by atoms with van der Waals surface area (Å²) >= 11 is 0. The van der Waals surface area contributed by atoms with Gasteiger partial charge in [-0.1, -0.05) is 0 Å². The fourth-order valence-corrected chi connectivity index (χ4v) is 1.73. The van der Waals surface area contributed by atoms with E-state index in [2.05, 4.69) is 19.1 Å². The molecule has 0 unspecified atom stereocenters. The van der Waals surface area contributed by atoms with Crippen LogP contribution in [0.2, 0.25) is 0 Å². The molecule has 0 saturated heterocycles. The monoisotopic (exact) mass is 282 g/mol. The van der Waals surface area contributed by atoms with Crippen LogP contribution in [0.1, 0.15) is 5.56 Å². The van der Waals surface area contributed by atoms with Crippen molar-refractivity contribution in [2.24, 2.45) is 0 Å². The van der Waals surface area contributed by atoms with E-state index in [1.807, 2.05) is 0 Å². The molecule has 0 aliphatic carbocycles. The smallest absolute Gasteiger partial charge is 0.376 e. The number of benzene rings is 1. The van der Waals surface area contributed by atoms with E-state index >= 15 is 0 Å². The van der Waals surface area contributed by atoms with Crippen molar-refractivity contribution in [1.29, 1.82) is 0 Å². The van der Waals surface area contributed by atoms with E-state index in [1.165, 1.54) is 13.0 Å². The number of aryl methyl sites for hydroxylation is 1. The number of hydrogen-bond acceptors (Lipinski definition) is 6. The van der Waals surface area contributed by atoms with Gasteiger partial charge in [0.05, 0.1) is 0 Å². The van der Waals surface area contributed by atoms with E-state index in [-0.39, 0.29) is 16.6 Å². The molecular formula is C8H5F3N2O4S. The largest absolute Gasteiger partial charge is 0.534 e. The quantitative estimate of drug-likeness (QED) is 0.616. The van der Waals surface area contributed by atoms with Gasteiger partial charge < -0.3 is 4.18 Å². The predicted molar refractivity (Wildman–Crippen MR) is 52.1 cm³/mol. The summed E-state index contributed by atoms with van der Waals surface area (Å²) in [5, 5.41) is 6.88. The van der Waals surface area contributed by atoms with Gasteiger partial charge in [-0.3, -0.25) is 0 Å². The van der Waals surface area contributed by atoms with Gasteiger partial charge in [-0.25, -0.2) is 4.63 Å². The third kappa shape index (κ3) is 1.98. The van der Waals surface area contributed by atoms with E-state index in [9.17, 15) is 21.6 Å². The number of aromatic nitrogens is 2. The van der Waals surface area contributed by atoms with Crippen LogP contribution in [0.15, 0.2) is 16.8 Å². The van der Waals surface area contributed by atoms with Gasteiger partial charge >= 0.3 is 15.6 Å². The highest BCUT2D eigenvalue weighted by Gasteiger charge is 2.48. The normalized spacial score (nSPS) is 12.9. The molecule has 6 nitrogen and oxygen atoms in total. The second-order valence-corrected chi connectivity index (χ2v) is 4.84. The average Bonchev–Trinajstić information content (AvgIpc) is 2.69. The van der Waals surface area contributed by atoms with Gasteiger partial charge in [-0.05, 0) is 29.4 Å². The second kappa shape index (κ2) is 3.83. The predicted octanol–water partition coefficient (Wildman–Crippen LogP) is 1.76. The lowest BCUT2D eigenvalue weighted by Gasteiger charge is -2.10. The lowest BCUT2D eigenvalue weighted by Crippen LogP contribution is -2.28. The van der Waals surface area contributed by atoms with E-state index in [0.717, 1.165) is 6.07 Å². The van der Waals surface area contributed by atoms with Crippen LogP contribution < -0.4 is 4.18 Å². The number of halogens is 3. The summed E-state index contributed by atoms with van der Waals surface area (Å²) < 4.78 is 66.5. The Morgan fingerprint density at radius 3 is 2.56 bits per heavy atom. The van der Waals surface area contributed by atoms with Crippen molar-refractivity contribution in [3.63, 3.8) is 0 Å². The fourth-order valence-electron chi connectivity index (χ4n) is 1.22. The molecule has 0 radical (unpaired) electrons. The molecule has 0 N–H and O–H groups in total. The first kappa shape index (κ1) is 12.6. The topological polar surface area (TPSA) is 82.3 Å². The van der Waals surface area contributed by atoms with Gasteiger partial charge in [0.25, 0.3) is 0 Å². The van der Waals surface area contributed by atoms with Crippen molar-refractivity contribution < 1.29 is 30.4 Å². The number of nitrogens with zero attached hydrogens (tertiary/aromatic N) is 2. The van der Waals surface area contributed by atoms with Crippen LogP contribution in [0.4, 0.5) is 13.2 Å². The van der Waals surface area contributed by atoms with Crippen LogP contribution in [-0.4, -0.2) is 24.2 Å². The van der Waals surface area contributed by atoms with Gasteiger partial charge in [0.15, 0.2) is 0 Å². The zero-order valence-corrected chi connectivity index (χ0v) is 9.54. The van der Waals surface area contributed by atoms with Crippen LogP contribution in [0, 0.1) is 6.92 Å². The van der Waals surface area contributed by atoms with E-state index in [1.54, 1.807) is 0 Å². The molecule has 1 aromatic carbocycles. The number of alkyl halides is 3. The van der Waals surface area contributed by atoms with Gasteiger partial charge in [0, 0.05) is 5.56 Å². The van der Waals surface area contributed by atoms with Gasteiger partial charge in [-0.2, -0.15) is 21.6 Å². The molecule has 0 amide bonds. The second-order valence-electron chi connectivity index (χ2n) is 3.30. The molecule has 10 heteroatoms. The number of rotatable bonds is 2. The average molecular weight is 282 g/mol. The van der Waals surface area contributed by atoms with Crippen molar-refractivity contribution >= 4 is 21.2 Å². The molecule has 1 heterocycles. The van der Waals surface area contributed by atoms with E-state index in [0.29, 0.717) is 0 Å². The summed E-state index contributed by atoms with van der Waals surface area (Å²) in [6.07, 6.45) is 0. The van der Waals surface area contributed by atoms with Crippen LogP contribution in [0.5, 0.6) is 5.75 Å². The van der Waals surface area contributed by atoms with Crippen molar-refractivity contribution in [3.05, 3.63) is 17.7 Å². The Morgan fingerprint density at radius 2 is 1.94 bits per heavy atom. The molecule has 0 aliphatic rings. The summed E-state index contributed by atoms with van der Waals surface area (Å²) in [6.45, 7) is 1.34. The molecule has 0 bridgehead atoms. The summed E-state index contributed by atoms with van der Waals surface area (Å²) in [5.74, 6) is -0.476. The van der Waals surface area contributed by atoms with E-state index in [4.69, 9.17) is 0 Å². The third-order valence-corrected chi connectivity index (χ3v) is 3.08. The molecule has 0 saturated carbocycles. The Kier molecular flexibility index (Phi) is 2.69. The van der Waals surface area contributed by atoms with Crippen LogP contribution >= 0.6 is 0 Å². The molecule has 0 aliphatic heterocycles. The Morgan fingerprint density at radius 1 is 1.28 bits per heavy atom. The maximum atomic E-state index is 12.1. The first-order valence-corrected chi connectivity index (χ1v) is 5.86. The molecule has 1 aromatic heterocycles. The minimum Gasteiger partial charge on any atom is -0.376 e. The summed E-state index contributed by atoms with van der Waals surface area (Å²) in [7, 11) is -5.70. The van der Waals surface area contributed by atoms with Gasteiger partial charge in [-0.15, -0.1) is 0 Å². The zero-order valence-electron chi connectivity index (χ0n) is 8.72. The molecule has 0 atom stereocenters. The van der Waals surface area contributed by atoms with Crippen LogP contribution in [0.3, 0.4) is 0 Å². The molecule has 2 aromatic rings. The Hall–Kier alpha value is -1.84. The molecular weight excluding hydrogens is 277 g/mol. The Labute approximate surface area is 98.4 Å². The van der Waals surface area contributed by atoms with Crippen molar-refractivity contribution in [2.45, 2.75) is 12.4 Å². The first-order valence-electron chi connectivity index (χ1n) is 4.45. The highest BCUT2D eigenvalue weighted by Crippen LogP contribution is 2.31. The van der Waals surface area contributed by atoms with Gasteiger partial charge in [0.2, 0.25) is 0 Å². The highest BCUT2D eigenvalue weighted by molar-refractivity contribution is 7.88. The first-order chi connectivity index (χ1) is 8.22. The van der Waals surface area contributed by atoms with E-state index < -0.39 is 21.4 Å². The van der Waals surface area contributed by atoms with Gasteiger partial charge in [0.1, 0.15) is 16.8 Å². The lowest BCUT2D eigenvalue weighted by molar-refractivity contribution is -0.0500. The fraction of sp³-hybridized carbons (Fsp3) is 0.250. The molecule has 98 valence electrons. The summed E-state index contributed by atoms with van der Waals surface area (Å²) in [4.78, 5) is 0. The minimum absolute atomic E-state index is 0.0848. The van der Waals surface area contributed by atoms with Crippen molar-refractivity contribution in [3.8, 4) is 5.75 Å². The minimum atomic E-state index is -5.70. The lowest BCUT2D eigenvalue weighted by atomic mass is 10.2. The Balaban J connectivity index is 2.48. The molecule has 0 spiro atoms. The summed E-state index contributed by atoms with van der Waals surface area (Å²) in [5.41, 5.74) is -4.99. The van der Waals surface area contributed by atoms with Crippen LogP contribution in [0.25, 0.3) is 11.0 Å². The highest BCUT2D eigenvalue weighted by atomic mass is 32.2. The van der Waals surface area contributed by atoms with Crippen LogP contribution in [-0.2, 0) is 10.1 Å². The standard InChI is InChI=1S/C8H5F3N2O4S/c1-4-6(16-18(14,15)8(9,10)11)3-2-5-7(4)13-17-12-5/h2-3H,1H3. The summed E-state index contributed by atoms with van der Waals surface area (Å²) in [6, 6.07) is 2.28. The SMILES string of the molecule is Cc1c(OS(=O)(=O)C(F)(F)F)ccc2nonc12.